The predicted molar refractivity (Wildman–Crippen MR) is 75.2 cm³/mol. The minimum absolute atomic E-state index is 0.379. The van der Waals surface area contributed by atoms with Gasteiger partial charge in [-0.15, -0.1) is 11.3 Å². The fourth-order valence-corrected chi connectivity index (χ4v) is 2.21. The molecule has 1 heterocycles. The van der Waals surface area contributed by atoms with Crippen LogP contribution in [0, 0.1) is 11.8 Å². The van der Waals surface area contributed by atoms with Crippen LogP contribution < -0.4 is 5.73 Å². The molecule has 2 N–H and O–H groups in total. The van der Waals surface area contributed by atoms with Crippen LogP contribution in [0.25, 0.3) is 0 Å². The molecule has 0 bridgehead atoms. The van der Waals surface area contributed by atoms with Crippen molar-refractivity contribution in [1.82, 2.24) is 0 Å². The fourth-order valence-electron chi connectivity index (χ4n) is 1.57. The van der Waals surface area contributed by atoms with E-state index in [2.05, 4.69) is 23.3 Å². The van der Waals surface area contributed by atoms with Crippen molar-refractivity contribution in [2.24, 2.45) is 5.73 Å². The number of hydrogen-bond acceptors (Lipinski definition) is 3. The summed E-state index contributed by atoms with van der Waals surface area (Å²) in [6, 6.07) is 12.1. The van der Waals surface area contributed by atoms with Crippen molar-refractivity contribution in [3.63, 3.8) is 0 Å². The van der Waals surface area contributed by atoms with Crippen molar-refractivity contribution in [2.75, 3.05) is 6.54 Å². The summed E-state index contributed by atoms with van der Waals surface area (Å²) < 4.78 is 5.70. The van der Waals surface area contributed by atoms with Crippen LogP contribution in [0.5, 0.6) is 0 Å². The standard InChI is InChI=1S/C15H15NOS/c16-9-3-7-13-5-1-2-6-14(13)11-17-12-15-8-4-10-18-15/h1-2,4-6,8,10H,9,11-12,16H2. The zero-order valence-corrected chi connectivity index (χ0v) is 10.9. The van der Waals surface area contributed by atoms with Crippen LogP contribution in [0.1, 0.15) is 16.0 Å². The van der Waals surface area contributed by atoms with Crippen molar-refractivity contribution < 1.29 is 4.74 Å². The van der Waals surface area contributed by atoms with Crippen molar-refractivity contribution in [1.29, 1.82) is 0 Å². The quantitative estimate of drug-likeness (QED) is 0.855. The molecule has 0 aliphatic rings. The number of hydrogen-bond donors (Lipinski definition) is 1. The Balaban J connectivity index is 1.96. The van der Waals surface area contributed by atoms with E-state index in [0.717, 1.165) is 11.1 Å². The maximum atomic E-state index is 5.70. The number of rotatable bonds is 4. The lowest BCUT2D eigenvalue weighted by atomic mass is 10.1. The van der Waals surface area contributed by atoms with E-state index in [1.165, 1.54) is 4.88 Å². The molecular weight excluding hydrogens is 242 g/mol. The van der Waals surface area contributed by atoms with Crippen LogP contribution >= 0.6 is 11.3 Å². The first-order valence-electron chi connectivity index (χ1n) is 5.77. The van der Waals surface area contributed by atoms with Gasteiger partial charge in [-0.3, -0.25) is 0 Å². The maximum absolute atomic E-state index is 5.70. The molecule has 2 rings (SSSR count). The summed E-state index contributed by atoms with van der Waals surface area (Å²) in [6.45, 7) is 1.61. The molecule has 0 aliphatic heterocycles. The lowest BCUT2D eigenvalue weighted by Gasteiger charge is -2.05. The van der Waals surface area contributed by atoms with Gasteiger partial charge in [0.15, 0.2) is 0 Å². The molecule has 0 amide bonds. The third-order valence-electron chi connectivity index (χ3n) is 2.42. The van der Waals surface area contributed by atoms with E-state index in [4.69, 9.17) is 10.5 Å². The molecule has 0 aliphatic carbocycles. The highest BCUT2D eigenvalue weighted by molar-refractivity contribution is 7.09. The van der Waals surface area contributed by atoms with E-state index in [1.54, 1.807) is 11.3 Å². The number of ether oxygens (including phenoxy) is 1. The highest BCUT2D eigenvalue weighted by Crippen LogP contribution is 2.13. The van der Waals surface area contributed by atoms with Gasteiger partial charge in [0.05, 0.1) is 19.8 Å². The molecule has 18 heavy (non-hydrogen) atoms. The molecule has 0 unspecified atom stereocenters. The summed E-state index contributed by atoms with van der Waals surface area (Å²) in [4.78, 5) is 1.24. The van der Waals surface area contributed by atoms with Crippen molar-refractivity contribution in [2.45, 2.75) is 13.2 Å². The predicted octanol–water partition coefficient (Wildman–Crippen LogP) is 2.78. The number of thiophene rings is 1. The molecule has 0 atom stereocenters. The Kier molecular flexibility index (Phi) is 4.98. The molecule has 0 radical (unpaired) electrons. The Morgan fingerprint density at radius 1 is 1.11 bits per heavy atom. The zero-order valence-electron chi connectivity index (χ0n) is 10.1. The molecule has 0 saturated heterocycles. The smallest absolute Gasteiger partial charge is 0.0813 e. The second-order valence-electron chi connectivity index (χ2n) is 3.74. The molecule has 2 nitrogen and oxygen atoms in total. The summed E-state index contributed by atoms with van der Waals surface area (Å²) in [7, 11) is 0. The van der Waals surface area contributed by atoms with Gasteiger partial charge in [-0.1, -0.05) is 36.1 Å². The Labute approximate surface area is 111 Å². The van der Waals surface area contributed by atoms with Crippen LogP contribution in [-0.2, 0) is 18.0 Å². The van der Waals surface area contributed by atoms with Crippen LogP contribution in [0.3, 0.4) is 0 Å². The first-order valence-corrected chi connectivity index (χ1v) is 6.65. The van der Waals surface area contributed by atoms with Gasteiger partial charge in [0.1, 0.15) is 0 Å². The molecule has 2 aromatic rings. The number of benzene rings is 1. The maximum Gasteiger partial charge on any atom is 0.0813 e. The summed E-state index contributed by atoms with van der Waals surface area (Å²) >= 11 is 1.71. The van der Waals surface area contributed by atoms with Crippen molar-refractivity contribution in [3.05, 3.63) is 57.8 Å². The Hall–Kier alpha value is -1.60. The highest BCUT2D eigenvalue weighted by Gasteiger charge is 2.00. The topological polar surface area (TPSA) is 35.2 Å². The van der Waals surface area contributed by atoms with Crippen molar-refractivity contribution >= 4 is 11.3 Å². The SMILES string of the molecule is NCC#Cc1ccccc1COCc1cccs1. The minimum atomic E-state index is 0.379. The van der Waals surface area contributed by atoms with Crippen LogP contribution in [0.2, 0.25) is 0 Å². The van der Waals surface area contributed by atoms with Gasteiger partial charge < -0.3 is 10.5 Å². The summed E-state index contributed by atoms with van der Waals surface area (Å²) in [5, 5.41) is 2.05. The average Bonchev–Trinajstić information content (AvgIpc) is 2.91. The molecule has 0 fully saturated rings. The summed E-state index contributed by atoms with van der Waals surface area (Å²) in [6.07, 6.45) is 0. The second-order valence-corrected chi connectivity index (χ2v) is 4.77. The molecule has 0 spiro atoms. The van der Waals surface area contributed by atoms with Crippen LogP contribution in [-0.4, -0.2) is 6.54 Å². The van der Waals surface area contributed by atoms with E-state index < -0.39 is 0 Å². The Morgan fingerprint density at radius 3 is 2.78 bits per heavy atom. The molecule has 92 valence electrons. The Bertz CT molecular complexity index is 537. The van der Waals surface area contributed by atoms with E-state index >= 15 is 0 Å². The van der Waals surface area contributed by atoms with Gasteiger partial charge in [0, 0.05) is 10.4 Å². The van der Waals surface area contributed by atoms with Crippen molar-refractivity contribution in [3.8, 4) is 11.8 Å². The van der Waals surface area contributed by atoms with Gasteiger partial charge in [0.25, 0.3) is 0 Å². The highest BCUT2D eigenvalue weighted by atomic mass is 32.1. The molecule has 3 heteroatoms. The van der Waals surface area contributed by atoms with E-state index in [1.807, 2.05) is 30.3 Å². The molecular formula is C15H15NOS. The molecule has 1 aromatic carbocycles. The largest absolute Gasteiger partial charge is 0.371 e. The van der Waals surface area contributed by atoms with E-state index in [-0.39, 0.29) is 0 Å². The third-order valence-corrected chi connectivity index (χ3v) is 3.27. The monoisotopic (exact) mass is 257 g/mol. The molecule has 0 saturated carbocycles. The lowest BCUT2D eigenvalue weighted by molar-refractivity contribution is 0.109. The zero-order chi connectivity index (χ0) is 12.6. The first kappa shape index (κ1) is 12.8. The summed E-state index contributed by atoms with van der Waals surface area (Å²) in [5.74, 6) is 5.94. The lowest BCUT2D eigenvalue weighted by Crippen LogP contribution is -1.97. The molecule has 1 aromatic heterocycles. The van der Waals surface area contributed by atoms with Gasteiger partial charge in [0.2, 0.25) is 0 Å². The summed E-state index contributed by atoms with van der Waals surface area (Å²) in [5.41, 5.74) is 7.49. The Morgan fingerprint density at radius 2 is 2.00 bits per heavy atom. The van der Waals surface area contributed by atoms with Crippen LogP contribution in [0.15, 0.2) is 41.8 Å². The van der Waals surface area contributed by atoms with Gasteiger partial charge in [-0.2, -0.15) is 0 Å². The van der Waals surface area contributed by atoms with Gasteiger partial charge in [-0.25, -0.2) is 0 Å². The normalized spacial score (nSPS) is 9.83. The first-order chi connectivity index (χ1) is 8.90. The third kappa shape index (κ3) is 3.71. The van der Waals surface area contributed by atoms with Gasteiger partial charge in [-0.05, 0) is 23.1 Å². The minimum Gasteiger partial charge on any atom is -0.371 e. The fraction of sp³-hybridized carbons (Fsp3) is 0.200. The number of nitrogens with two attached hydrogens (primary N) is 1. The second kappa shape index (κ2) is 6.97. The van der Waals surface area contributed by atoms with Gasteiger partial charge >= 0.3 is 0 Å². The van der Waals surface area contributed by atoms with E-state index in [9.17, 15) is 0 Å². The average molecular weight is 257 g/mol. The van der Waals surface area contributed by atoms with E-state index in [0.29, 0.717) is 19.8 Å². The van der Waals surface area contributed by atoms with Crippen LogP contribution in [0.4, 0.5) is 0 Å².